The van der Waals surface area contributed by atoms with Gasteiger partial charge in [0.1, 0.15) is 12.1 Å². The molecule has 150 valence electrons. The van der Waals surface area contributed by atoms with Crippen molar-refractivity contribution in [1.29, 1.82) is 0 Å². The molecule has 6 nitrogen and oxygen atoms in total. The van der Waals surface area contributed by atoms with E-state index < -0.39 is 0 Å². The van der Waals surface area contributed by atoms with Crippen LogP contribution in [0.1, 0.15) is 30.2 Å². The minimum atomic E-state index is -0.193. The Morgan fingerprint density at radius 3 is 2.64 bits per heavy atom. The highest BCUT2D eigenvalue weighted by atomic mass is 19.1. The standard InChI is InChI=1S/C21H27FN4O2/c1-4-25(13-16(2)3)21(27)18-15-28-20(23-18)14-24-9-11-26(12-10-24)19-8-6-5-7-17(19)22/h5-8,15H,2,4,9-14H2,1,3H3. The number of oxazole rings is 1. The lowest BCUT2D eigenvalue weighted by molar-refractivity contribution is 0.0772. The van der Waals surface area contributed by atoms with E-state index in [9.17, 15) is 9.18 Å². The molecule has 1 saturated heterocycles. The first-order valence-corrected chi connectivity index (χ1v) is 9.57. The van der Waals surface area contributed by atoms with Crippen molar-refractivity contribution >= 4 is 11.6 Å². The highest BCUT2D eigenvalue weighted by Gasteiger charge is 2.22. The van der Waals surface area contributed by atoms with E-state index in [0.29, 0.717) is 36.9 Å². The predicted octanol–water partition coefficient (Wildman–Crippen LogP) is 3.17. The third-order valence-electron chi connectivity index (χ3n) is 4.82. The Morgan fingerprint density at radius 1 is 1.29 bits per heavy atom. The third-order valence-corrected chi connectivity index (χ3v) is 4.82. The molecule has 0 aliphatic carbocycles. The number of amides is 1. The summed E-state index contributed by atoms with van der Waals surface area (Å²) in [5.41, 5.74) is 1.89. The van der Waals surface area contributed by atoms with Crippen LogP contribution >= 0.6 is 0 Å². The van der Waals surface area contributed by atoms with Gasteiger partial charge in [0.05, 0.1) is 12.2 Å². The molecule has 1 fully saturated rings. The highest BCUT2D eigenvalue weighted by molar-refractivity contribution is 5.92. The summed E-state index contributed by atoms with van der Waals surface area (Å²) in [7, 11) is 0. The van der Waals surface area contributed by atoms with Crippen LogP contribution in [0.4, 0.5) is 10.1 Å². The molecule has 1 aromatic carbocycles. The quantitative estimate of drug-likeness (QED) is 0.684. The minimum absolute atomic E-state index is 0.148. The number of piperazine rings is 1. The molecule has 0 spiro atoms. The summed E-state index contributed by atoms with van der Waals surface area (Å²) in [6.45, 7) is 12.3. The topological polar surface area (TPSA) is 52.8 Å². The summed E-state index contributed by atoms with van der Waals surface area (Å²) in [4.78, 5) is 22.9. The molecule has 1 aliphatic rings. The number of rotatable bonds is 7. The Morgan fingerprint density at radius 2 is 2.00 bits per heavy atom. The van der Waals surface area contributed by atoms with Crippen molar-refractivity contribution in [3.63, 3.8) is 0 Å². The van der Waals surface area contributed by atoms with Crippen molar-refractivity contribution in [1.82, 2.24) is 14.8 Å². The molecule has 1 aromatic heterocycles. The second kappa shape index (κ2) is 9.01. The molecule has 2 heterocycles. The molecular formula is C21H27FN4O2. The third kappa shape index (κ3) is 4.78. The first-order valence-electron chi connectivity index (χ1n) is 9.57. The highest BCUT2D eigenvalue weighted by Crippen LogP contribution is 2.20. The van der Waals surface area contributed by atoms with Crippen LogP contribution in [0.2, 0.25) is 0 Å². The fourth-order valence-corrected chi connectivity index (χ4v) is 3.34. The van der Waals surface area contributed by atoms with Crippen LogP contribution in [0.25, 0.3) is 0 Å². The summed E-state index contributed by atoms with van der Waals surface area (Å²) in [6.07, 6.45) is 1.42. The molecule has 0 N–H and O–H groups in total. The van der Waals surface area contributed by atoms with Gasteiger partial charge >= 0.3 is 0 Å². The van der Waals surface area contributed by atoms with Crippen molar-refractivity contribution in [2.75, 3.05) is 44.2 Å². The maximum absolute atomic E-state index is 13.9. The Balaban J connectivity index is 1.55. The number of aromatic nitrogens is 1. The van der Waals surface area contributed by atoms with Crippen LogP contribution in [0.15, 0.2) is 47.1 Å². The van der Waals surface area contributed by atoms with Gasteiger partial charge in [0.25, 0.3) is 5.91 Å². The Labute approximate surface area is 165 Å². The molecule has 2 aromatic rings. The number of carbonyl (C=O) groups is 1. The zero-order valence-electron chi connectivity index (χ0n) is 16.5. The summed E-state index contributed by atoms with van der Waals surface area (Å²) in [5, 5.41) is 0. The monoisotopic (exact) mass is 386 g/mol. The zero-order chi connectivity index (χ0) is 20.1. The van der Waals surface area contributed by atoms with Crippen LogP contribution in [-0.4, -0.2) is 60.0 Å². The molecule has 0 bridgehead atoms. The molecule has 7 heteroatoms. The number of likely N-dealkylation sites (N-methyl/N-ethyl adjacent to an activating group) is 1. The van der Waals surface area contributed by atoms with E-state index in [1.807, 2.05) is 24.8 Å². The minimum Gasteiger partial charge on any atom is -0.447 e. The van der Waals surface area contributed by atoms with E-state index >= 15 is 0 Å². The van der Waals surface area contributed by atoms with Gasteiger partial charge in [0, 0.05) is 39.3 Å². The first-order chi connectivity index (χ1) is 13.5. The molecule has 1 amide bonds. The maximum atomic E-state index is 13.9. The van der Waals surface area contributed by atoms with Crippen molar-refractivity contribution in [2.45, 2.75) is 20.4 Å². The fraction of sp³-hybridized carbons (Fsp3) is 0.429. The number of benzene rings is 1. The average Bonchev–Trinajstić information content (AvgIpc) is 3.15. The average molecular weight is 386 g/mol. The van der Waals surface area contributed by atoms with E-state index in [0.717, 1.165) is 31.8 Å². The molecule has 0 radical (unpaired) electrons. The van der Waals surface area contributed by atoms with Crippen molar-refractivity contribution in [3.8, 4) is 0 Å². The van der Waals surface area contributed by atoms with Gasteiger partial charge in [-0.05, 0) is 26.0 Å². The van der Waals surface area contributed by atoms with Crippen LogP contribution in [-0.2, 0) is 6.54 Å². The van der Waals surface area contributed by atoms with Crippen molar-refractivity contribution in [2.24, 2.45) is 0 Å². The number of hydrogen-bond acceptors (Lipinski definition) is 5. The first kappa shape index (κ1) is 20.1. The van der Waals surface area contributed by atoms with Gasteiger partial charge in [-0.2, -0.15) is 0 Å². The number of para-hydroxylation sites is 1. The number of nitrogens with zero attached hydrogens (tertiary/aromatic N) is 4. The Bertz CT molecular complexity index is 827. The van der Waals surface area contributed by atoms with E-state index in [4.69, 9.17) is 4.42 Å². The summed E-state index contributed by atoms with van der Waals surface area (Å²) in [5.74, 6) is 0.181. The predicted molar refractivity (Wildman–Crippen MR) is 107 cm³/mol. The molecule has 0 saturated carbocycles. The fourth-order valence-electron chi connectivity index (χ4n) is 3.34. The summed E-state index contributed by atoms with van der Waals surface area (Å²) in [6, 6.07) is 6.85. The van der Waals surface area contributed by atoms with Crippen LogP contribution in [0, 0.1) is 5.82 Å². The number of anilines is 1. The van der Waals surface area contributed by atoms with Gasteiger partial charge in [-0.1, -0.05) is 24.3 Å². The smallest absolute Gasteiger partial charge is 0.276 e. The lowest BCUT2D eigenvalue weighted by Gasteiger charge is -2.35. The molecule has 28 heavy (non-hydrogen) atoms. The number of halogens is 1. The molecule has 0 unspecified atom stereocenters. The van der Waals surface area contributed by atoms with E-state index in [1.165, 1.54) is 12.3 Å². The van der Waals surface area contributed by atoms with Gasteiger partial charge in [-0.15, -0.1) is 0 Å². The maximum Gasteiger partial charge on any atom is 0.276 e. The summed E-state index contributed by atoms with van der Waals surface area (Å²) >= 11 is 0. The van der Waals surface area contributed by atoms with Crippen LogP contribution in [0.3, 0.4) is 0 Å². The van der Waals surface area contributed by atoms with Gasteiger partial charge in [0.15, 0.2) is 5.69 Å². The van der Waals surface area contributed by atoms with Crippen LogP contribution in [0.5, 0.6) is 0 Å². The lowest BCUT2D eigenvalue weighted by Crippen LogP contribution is -2.46. The molecule has 3 rings (SSSR count). The van der Waals surface area contributed by atoms with E-state index in [2.05, 4.69) is 16.5 Å². The zero-order valence-corrected chi connectivity index (χ0v) is 16.5. The summed E-state index contributed by atoms with van der Waals surface area (Å²) < 4.78 is 19.5. The molecule has 0 atom stereocenters. The lowest BCUT2D eigenvalue weighted by atomic mass is 10.2. The van der Waals surface area contributed by atoms with E-state index in [1.54, 1.807) is 17.0 Å². The largest absolute Gasteiger partial charge is 0.447 e. The van der Waals surface area contributed by atoms with Crippen molar-refractivity contribution < 1.29 is 13.6 Å². The normalized spacial score (nSPS) is 14.9. The van der Waals surface area contributed by atoms with Gasteiger partial charge in [-0.25, -0.2) is 9.37 Å². The molecular weight excluding hydrogens is 359 g/mol. The number of hydrogen-bond donors (Lipinski definition) is 0. The number of carbonyl (C=O) groups excluding carboxylic acids is 1. The molecule has 1 aliphatic heterocycles. The van der Waals surface area contributed by atoms with Gasteiger partial charge < -0.3 is 14.2 Å². The van der Waals surface area contributed by atoms with E-state index in [-0.39, 0.29) is 11.7 Å². The van der Waals surface area contributed by atoms with Gasteiger partial charge in [-0.3, -0.25) is 9.69 Å². The second-order valence-corrected chi connectivity index (χ2v) is 7.12. The second-order valence-electron chi connectivity index (χ2n) is 7.12. The van der Waals surface area contributed by atoms with Crippen LogP contribution < -0.4 is 4.90 Å². The van der Waals surface area contributed by atoms with Crippen molar-refractivity contribution in [3.05, 3.63) is 60.1 Å². The van der Waals surface area contributed by atoms with Gasteiger partial charge in [0.2, 0.25) is 5.89 Å². The Hall–Kier alpha value is -2.67. The SMILES string of the molecule is C=C(C)CN(CC)C(=O)c1coc(CN2CCN(c3ccccc3F)CC2)n1. The Kier molecular flexibility index (Phi) is 6.46.